The maximum Gasteiger partial charge on any atom is 0.411 e. The number of ether oxygens (including phenoxy) is 1. The standard InChI is InChI=1S/C11H14ClF3N2O3S/c12-9-5-8(6-16)1-2-10(9)21(18,19)17-3-4-20-7-11(13,14)15/h1-2,5,17H,3-4,6-7,16H2. The van der Waals surface area contributed by atoms with Gasteiger partial charge in [-0.2, -0.15) is 13.2 Å². The molecule has 0 fully saturated rings. The summed E-state index contributed by atoms with van der Waals surface area (Å²) in [6.07, 6.45) is -4.44. The fraction of sp³-hybridized carbons (Fsp3) is 0.455. The minimum absolute atomic E-state index is 0.0124. The number of alkyl halides is 3. The van der Waals surface area contributed by atoms with Crippen LogP contribution < -0.4 is 10.5 Å². The van der Waals surface area contributed by atoms with Gasteiger partial charge in [0, 0.05) is 13.1 Å². The SMILES string of the molecule is NCc1ccc(S(=O)(=O)NCCOCC(F)(F)F)c(Cl)c1. The Bertz CT molecular complexity index is 579. The second kappa shape index (κ2) is 7.41. The molecule has 0 aliphatic rings. The van der Waals surface area contributed by atoms with Crippen molar-refractivity contribution in [2.45, 2.75) is 17.6 Å². The molecule has 0 heterocycles. The first-order valence-electron chi connectivity index (χ1n) is 5.78. The normalized spacial score (nSPS) is 12.6. The average molecular weight is 347 g/mol. The topological polar surface area (TPSA) is 81.4 Å². The lowest BCUT2D eigenvalue weighted by Crippen LogP contribution is -2.29. The van der Waals surface area contributed by atoms with E-state index in [0.29, 0.717) is 5.56 Å². The Morgan fingerprint density at radius 1 is 1.33 bits per heavy atom. The van der Waals surface area contributed by atoms with Gasteiger partial charge in [-0.05, 0) is 17.7 Å². The summed E-state index contributed by atoms with van der Waals surface area (Å²) in [4.78, 5) is -0.169. The van der Waals surface area contributed by atoms with Gasteiger partial charge in [-0.25, -0.2) is 13.1 Å². The molecule has 0 amide bonds. The third-order valence-corrected chi connectivity index (χ3v) is 4.27. The van der Waals surface area contributed by atoms with Crippen LogP contribution in [0.5, 0.6) is 0 Å². The Morgan fingerprint density at radius 3 is 2.52 bits per heavy atom. The monoisotopic (exact) mass is 346 g/mol. The van der Waals surface area contributed by atoms with E-state index in [9.17, 15) is 21.6 Å². The molecule has 10 heteroatoms. The Balaban J connectivity index is 2.58. The summed E-state index contributed by atoms with van der Waals surface area (Å²) < 4.78 is 65.7. The smallest absolute Gasteiger partial charge is 0.371 e. The summed E-state index contributed by atoms with van der Waals surface area (Å²) in [6, 6.07) is 4.19. The van der Waals surface area contributed by atoms with Crippen LogP contribution in [-0.2, 0) is 21.3 Å². The van der Waals surface area contributed by atoms with Gasteiger partial charge in [0.2, 0.25) is 10.0 Å². The van der Waals surface area contributed by atoms with Crippen LogP contribution in [-0.4, -0.2) is 34.4 Å². The van der Waals surface area contributed by atoms with Gasteiger partial charge in [-0.1, -0.05) is 17.7 Å². The van der Waals surface area contributed by atoms with Crippen molar-refractivity contribution in [3.05, 3.63) is 28.8 Å². The van der Waals surface area contributed by atoms with Gasteiger partial charge in [0.15, 0.2) is 0 Å². The van der Waals surface area contributed by atoms with E-state index in [2.05, 4.69) is 9.46 Å². The molecule has 0 unspecified atom stereocenters. The summed E-state index contributed by atoms with van der Waals surface area (Å²) >= 11 is 5.84. The van der Waals surface area contributed by atoms with Crippen LogP contribution in [0, 0.1) is 0 Å². The zero-order chi connectivity index (χ0) is 16.1. The molecule has 21 heavy (non-hydrogen) atoms. The Labute approximate surface area is 125 Å². The molecule has 1 rings (SSSR count). The molecule has 0 saturated heterocycles. The van der Waals surface area contributed by atoms with Gasteiger partial charge in [-0.15, -0.1) is 0 Å². The maximum absolute atomic E-state index is 11.9. The maximum atomic E-state index is 11.9. The molecular formula is C11H14ClF3N2O3S. The molecule has 1 aromatic carbocycles. The molecule has 0 aliphatic carbocycles. The van der Waals surface area contributed by atoms with Crippen molar-refractivity contribution >= 4 is 21.6 Å². The number of sulfonamides is 1. The van der Waals surface area contributed by atoms with Crippen molar-refractivity contribution in [1.82, 2.24) is 4.72 Å². The number of hydrogen-bond donors (Lipinski definition) is 2. The zero-order valence-corrected chi connectivity index (χ0v) is 12.4. The molecule has 0 saturated carbocycles. The first-order chi connectivity index (χ1) is 9.65. The fourth-order valence-electron chi connectivity index (χ4n) is 1.40. The van der Waals surface area contributed by atoms with Crippen LogP contribution in [0.3, 0.4) is 0 Å². The number of nitrogens with one attached hydrogen (secondary N) is 1. The van der Waals surface area contributed by atoms with Crippen LogP contribution in [0.2, 0.25) is 5.02 Å². The van der Waals surface area contributed by atoms with E-state index in [1.807, 2.05) is 0 Å². The molecule has 0 aliphatic heterocycles. The van der Waals surface area contributed by atoms with Gasteiger partial charge in [0.1, 0.15) is 11.5 Å². The Morgan fingerprint density at radius 2 is 2.00 bits per heavy atom. The summed E-state index contributed by atoms with van der Waals surface area (Å²) in [5.41, 5.74) is 6.05. The highest BCUT2D eigenvalue weighted by atomic mass is 35.5. The van der Waals surface area contributed by atoms with Crippen LogP contribution in [0.25, 0.3) is 0 Å². The van der Waals surface area contributed by atoms with E-state index < -0.39 is 29.4 Å². The summed E-state index contributed by atoms with van der Waals surface area (Å²) in [6.45, 7) is -1.93. The minimum Gasteiger partial charge on any atom is -0.371 e. The molecule has 0 radical (unpaired) electrons. The van der Waals surface area contributed by atoms with Gasteiger partial charge >= 0.3 is 6.18 Å². The van der Waals surface area contributed by atoms with Gasteiger partial charge in [0.25, 0.3) is 0 Å². The van der Waals surface area contributed by atoms with E-state index in [4.69, 9.17) is 17.3 Å². The van der Waals surface area contributed by atoms with Crippen LogP contribution >= 0.6 is 11.6 Å². The highest BCUT2D eigenvalue weighted by molar-refractivity contribution is 7.89. The van der Waals surface area contributed by atoms with E-state index in [1.165, 1.54) is 18.2 Å². The molecule has 0 aromatic heterocycles. The predicted molar refractivity (Wildman–Crippen MR) is 71.4 cm³/mol. The number of rotatable bonds is 7. The number of nitrogens with two attached hydrogens (primary N) is 1. The third kappa shape index (κ3) is 6.18. The van der Waals surface area contributed by atoms with E-state index in [1.54, 1.807) is 0 Å². The van der Waals surface area contributed by atoms with Gasteiger partial charge in [-0.3, -0.25) is 0 Å². The molecular weight excluding hydrogens is 333 g/mol. The quantitative estimate of drug-likeness (QED) is 0.736. The van der Waals surface area contributed by atoms with Crippen molar-refractivity contribution < 1.29 is 26.3 Å². The second-order valence-electron chi connectivity index (χ2n) is 4.03. The minimum atomic E-state index is -4.44. The van der Waals surface area contributed by atoms with E-state index >= 15 is 0 Å². The number of benzene rings is 1. The molecule has 0 bridgehead atoms. The molecule has 3 N–H and O–H groups in total. The predicted octanol–water partition coefficient (Wildman–Crippen LogP) is 1.66. The van der Waals surface area contributed by atoms with Crippen molar-refractivity contribution in [1.29, 1.82) is 0 Å². The highest BCUT2D eigenvalue weighted by Gasteiger charge is 2.27. The average Bonchev–Trinajstić information content (AvgIpc) is 2.36. The van der Waals surface area contributed by atoms with E-state index in [0.717, 1.165) is 0 Å². The lowest BCUT2D eigenvalue weighted by atomic mass is 10.2. The van der Waals surface area contributed by atoms with Gasteiger partial charge in [0.05, 0.1) is 11.6 Å². The first kappa shape index (κ1) is 18.2. The lowest BCUT2D eigenvalue weighted by molar-refractivity contribution is -0.173. The summed E-state index contributed by atoms with van der Waals surface area (Å²) in [7, 11) is -3.92. The third-order valence-electron chi connectivity index (χ3n) is 2.33. The molecule has 120 valence electrons. The number of hydrogen-bond acceptors (Lipinski definition) is 4. The van der Waals surface area contributed by atoms with Crippen LogP contribution in [0.15, 0.2) is 23.1 Å². The highest BCUT2D eigenvalue weighted by Crippen LogP contribution is 2.22. The van der Waals surface area contributed by atoms with Crippen LogP contribution in [0.4, 0.5) is 13.2 Å². The zero-order valence-electron chi connectivity index (χ0n) is 10.8. The fourth-order valence-corrected chi connectivity index (χ4v) is 2.98. The van der Waals surface area contributed by atoms with E-state index in [-0.39, 0.29) is 23.0 Å². The number of halogens is 4. The Kier molecular flexibility index (Phi) is 6.41. The summed E-state index contributed by atoms with van der Waals surface area (Å²) in [5, 5.41) is -0.0124. The molecule has 0 atom stereocenters. The van der Waals surface area contributed by atoms with Crippen molar-refractivity contribution in [3.63, 3.8) is 0 Å². The van der Waals surface area contributed by atoms with Crippen molar-refractivity contribution in [2.24, 2.45) is 5.73 Å². The van der Waals surface area contributed by atoms with Crippen molar-refractivity contribution in [2.75, 3.05) is 19.8 Å². The second-order valence-corrected chi connectivity index (χ2v) is 6.18. The molecule has 5 nitrogen and oxygen atoms in total. The van der Waals surface area contributed by atoms with Crippen molar-refractivity contribution in [3.8, 4) is 0 Å². The summed E-state index contributed by atoms with van der Waals surface area (Å²) in [5.74, 6) is 0. The van der Waals surface area contributed by atoms with Gasteiger partial charge < -0.3 is 10.5 Å². The first-order valence-corrected chi connectivity index (χ1v) is 7.64. The lowest BCUT2D eigenvalue weighted by Gasteiger charge is -2.10. The Hall–Kier alpha value is -0.870. The van der Waals surface area contributed by atoms with Crippen LogP contribution in [0.1, 0.15) is 5.56 Å². The molecule has 0 spiro atoms. The molecule has 1 aromatic rings. The largest absolute Gasteiger partial charge is 0.411 e.